The topological polar surface area (TPSA) is 108 Å². The van der Waals surface area contributed by atoms with Crippen molar-refractivity contribution in [3.05, 3.63) is 99.6 Å². The van der Waals surface area contributed by atoms with Gasteiger partial charge in [0.2, 0.25) is 5.91 Å². The zero-order chi connectivity index (χ0) is 22.7. The van der Waals surface area contributed by atoms with Gasteiger partial charge in [-0.05, 0) is 31.5 Å². The summed E-state index contributed by atoms with van der Waals surface area (Å²) in [6.45, 7) is 3.61. The molecule has 3 N–H and O–H groups in total. The van der Waals surface area contributed by atoms with E-state index in [1.807, 2.05) is 43.3 Å². The van der Waals surface area contributed by atoms with Gasteiger partial charge in [0.15, 0.2) is 5.65 Å². The fourth-order valence-corrected chi connectivity index (χ4v) is 3.67. The Hall–Kier alpha value is -4.20. The van der Waals surface area contributed by atoms with E-state index in [2.05, 4.69) is 20.7 Å². The van der Waals surface area contributed by atoms with Crippen molar-refractivity contribution >= 4 is 23.1 Å². The lowest BCUT2D eigenvalue weighted by atomic mass is 10.0. The van der Waals surface area contributed by atoms with Crippen LogP contribution in [0.1, 0.15) is 28.6 Å². The zero-order valence-electron chi connectivity index (χ0n) is 17.8. The number of hydrogen-bond acceptors (Lipinski definition) is 4. The highest BCUT2D eigenvalue weighted by atomic mass is 16.2. The first-order valence-electron chi connectivity index (χ1n) is 10.2. The molecule has 0 aliphatic carbocycles. The molecule has 2 heterocycles. The van der Waals surface area contributed by atoms with Crippen LogP contribution in [-0.2, 0) is 16.0 Å². The maximum Gasteiger partial charge on any atom is 0.266 e. The molecule has 0 saturated heterocycles. The van der Waals surface area contributed by atoms with Crippen molar-refractivity contribution in [2.24, 2.45) is 0 Å². The molecule has 4 rings (SSSR count). The molecule has 8 nitrogen and oxygen atoms in total. The molecule has 0 aliphatic rings. The number of anilines is 1. The zero-order valence-corrected chi connectivity index (χ0v) is 17.8. The monoisotopic (exact) mass is 429 g/mol. The van der Waals surface area contributed by atoms with Gasteiger partial charge in [-0.2, -0.15) is 0 Å². The minimum absolute atomic E-state index is 0.0166. The molecule has 2 aromatic heterocycles. The molecule has 2 amide bonds. The number of rotatable bonds is 6. The van der Waals surface area contributed by atoms with Crippen LogP contribution in [0.5, 0.6) is 0 Å². The average molecular weight is 429 g/mol. The van der Waals surface area contributed by atoms with E-state index in [0.29, 0.717) is 28.2 Å². The Bertz CT molecular complexity index is 1330. The van der Waals surface area contributed by atoms with Crippen molar-refractivity contribution < 1.29 is 9.59 Å². The predicted octanol–water partition coefficient (Wildman–Crippen LogP) is 2.68. The minimum Gasteiger partial charge on any atom is -0.340 e. The Morgan fingerprint density at radius 2 is 1.69 bits per heavy atom. The van der Waals surface area contributed by atoms with Gasteiger partial charge in [-0.15, -0.1) is 0 Å². The lowest BCUT2D eigenvalue weighted by Gasteiger charge is -2.20. The molecule has 4 aromatic rings. The number of aromatic nitrogens is 3. The minimum atomic E-state index is -0.868. The molecule has 1 atom stereocenters. The molecule has 2 aromatic carbocycles. The van der Waals surface area contributed by atoms with E-state index in [-0.39, 0.29) is 23.8 Å². The quantitative estimate of drug-likeness (QED) is 0.438. The highest BCUT2D eigenvalue weighted by Gasteiger charge is 2.24. The number of aromatic amines is 1. The van der Waals surface area contributed by atoms with Crippen LogP contribution >= 0.6 is 0 Å². The number of benzene rings is 2. The van der Waals surface area contributed by atoms with Crippen molar-refractivity contribution in [1.82, 2.24) is 19.9 Å². The van der Waals surface area contributed by atoms with Gasteiger partial charge in [-0.25, -0.2) is 9.50 Å². The molecule has 0 saturated carbocycles. The summed E-state index contributed by atoms with van der Waals surface area (Å²) in [7, 11) is 0. The van der Waals surface area contributed by atoms with E-state index in [4.69, 9.17) is 0 Å². The largest absolute Gasteiger partial charge is 0.340 e. The van der Waals surface area contributed by atoms with Crippen LogP contribution in [-0.4, -0.2) is 26.4 Å². The molecule has 162 valence electrons. The molecule has 0 spiro atoms. The Balaban J connectivity index is 1.58. The summed E-state index contributed by atoms with van der Waals surface area (Å²) < 4.78 is 1.56. The number of carbonyl (C=O) groups excluding carboxylic acids is 2. The summed E-state index contributed by atoms with van der Waals surface area (Å²) in [5, 5.41) is 8.38. The Labute approximate surface area is 184 Å². The van der Waals surface area contributed by atoms with E-state index < -0.39 is 6.04 Å². The van der Waals surface area contributed by atoms with Crippen LogP contribution in [0.15, 0.2) is 71.5 Å². The SMILES string of the molecule is Cc1nc2cc(=O)[nH]n2c(C)c1CC(=O)NC(C(=O)Nc1ccccc1)c1ccccc1. The van der Waals surface area contributed by atoms with Crippen molar-refractivity contribution in [3.8, 4) is 0 Å². The normalized spacial score (nSPS) is 11.8. The second-order valence-corrected chi connectivity index (χ2v) is 7.52. The number of amides is 2. The molecule has 0 aliphatic heterocycles. The summed E-state index contributed by atoms with van der Waals surface area (Å²) in [4.78, 5) is 42.1. The van der Waals surface area contributed by atoms with Crippen molar-refractivity contribution in [1.29, 1.82) is 0 Å². The van der Waals surface area contributed by atoms with Crippen molar-refractivity contribution in [2.75, 3.05) is 5.32 Å². The Morgan fingerprint density at radius 3 is 2.38 bits per heavy atom. The molecule has 32 heavy (non-hydrogen) atoms. The molecule has 0 bridgehead atoms. The maximum absolute atomic E-state index is 13.0. The highest BCUT2D eigenvalue weighted by Crippen LogP contribution is 2.18. The first-order valence-corrected chi connectivity index (χ1v) is 10.2. The Morgan fingerprint density at radius 1 is 1.03 bits per heavy atom. The predicted molar refractivity (Wildman–Crippen MR) is 121 cm³/mol. The lowest BCUT2D eigenvalue weighted by Crippen LogP contribution is -2.38. The number of nitrogens with zero attached hydrogens (tertiary/aromatic N) is 2. The number of aryl methyl sites for hydroxylation is 2. The third kappa shape index (κ3) is 4.44. The lowest BCUT2D eigenvalue weighted by molar-refractivity contribution is -0.126. The molecular weight excluding hydrogens is 406 g/mol. The molecule has 1 unspecified atom stereocenters. The fourth-order valence-electron chi connectivity index (χ4n) is 3.67. The number of para-hydroxylation sites is 1. The van der Waals surface area contributed by atoms with Gasteiger partial charge in [0.25, 0.3) is 11.5 Å². The van der Waals surface area contributed by atoms with Crippen LogP contribution in [0.25, 0.3) is 5.65 Å². The average Bonchev–Trinajstić information content (AvgIpc) is 3.16. The molecule has 8 heteroatoms. The van der Waals surface area contributed by atoms with Gasteiger partial charge in [0, 0.05) is 28.7 Å². The van der Waals surface area contributed by atoms with Crippen LogP contribution in [0.3, 0.4) is 0 Å². The summed E-state index contributed by atoms with van der Waals surface area (Å²) in [6.07, 6.45) is 0.0166. The van der Waals surface area contributed by atoms with Crippen LogP contribution < -0.4 is 16.2 Å². The van der Waals surface area contributed by atoms with Gasteiger partial charge in [-0.3, -0.25) is 19.5 Å². The number of fused-ring (bicyclic) bond motifs is 1. The maximum atomic E-state index is 13.0. The fraction of sp³-hybridized carbons (Fsp3) is 0.167. The first-order chi connectivity index (χ1) is 15.4. The number of nitrogens with one attached hydrogen (secondary N) is 3. The van der Waals surface area contributed by atoms with E-state index in [1.165, 1.54) is 6.07 Å². The Kier molecular flexibility index (Phi) is 5.85. The summed E-state index contributed by atoms with van der Waals surface area (Å²) in [5.74, 6) is -0.670. The van der Waals surface area contributed by atoms with Crippen LogP contribution in [0.2, 0.25) is 0 Å². The molecule has 0 fully saturated rings. The second kappa shape index (κ2) is 8.89. The van der Waals surface area contributed by atoms with Gasteiger partial charge < -0.3 is 10.6 Å². The van der Waals surface area contributed by atoms with E-state index in [0.717, 1.165) is 5.69 Å². The van der Waals surface area contributed by atoms with E-state index in [1.54, 1.807) is 35.7 Å². The number of hydrogen-bond donors (Lipinski definition) is 3. The van der Waals surface area contributed by atoms with Crippen LogP contribution in [0.4, 0.5) is 5.69 Å². The standard InChI is InChI=1S/C24H23N5O3/c1-15-19(16(2)29-20(25-15)14-22(31)28-29)13-21(30)27-23(17-9-5-3-6-10-17)24(32)26-18-11-7-4-8-12-18/h3-12,14,23H,13H2,1-2H3,(H,26,32)(H,27,30)(H,28,31). The van der Waals surface area contributed by atoms with Gasteiger partial charge in [0.1, 0.15) is 6.04 Å². The van der Waals surface area contributed by atoms with Crippen molar-refractivity contribution in [2.45, 2.75) is 26.3 Å². The van der Waals surface area contributed by atoms with E-state index in [9.17, 15) is 14.4 Å². The smallest absolute Gasteiger partial charge is 0.266 e. The summed E-state index contributed by atoms with van der Waals surface area (Å²) >= 11 is 0. The van der Waals surface area contributed by atoms with Gasteiger partial charge in [0.05, 0.1) is 6.42 Å². The molecular formula is C24H23N5O3. The molecule has 0 radical (unpaired) electrons. The second-order valence-electron chi connectivity index (χ2n) is 7.52. The van der Waals surface area contributed by atoms with E-state index >= 15 is 0 Å². The third-order valence-corrected chi connectivity index (χ3v) is 5.28. The third-order valence-electron chi connectivity index (χ3n) is 5.28. The highest BCUT2D eigenvalue weighted by molar-refractivity contribution is 5.98. The number of carbonyl (C=O) groups is 2. The summed E-state index contributed by atoms with van der Waals surface area (Å²) in [5.41, 5.74) is 3.62. The van der Waals surface area contributed by atoms with Gasteiger partial charge in [-0.1, -0.05) is 48.5 Å². The van der Waals surface area contributed by atoms with Crippen LogP contribution in [0, 0.1) is 13.8 Å². The van der Waals surface area contributed by atoms with Gasteiger partial charge >= 0.3 is 0 Å². The summed E-state index contributed by atoms with van der Waals surface area (Å²) in [6, 6.07) is 18.7. The first kappa shape index (κ1) is 21.0. The van der Waals surface area contributed by atoms with Crippen molar-refractivity contribution in [3.63, 3.8) is 0 Å². The number of H-pyrrole nitrogens is 1.